The summed E-state index contributed by atoms with van der Waals surface area (Å²) in [5, 5.41) is 12.7. The van der Waals surface area contributed by atoms with E-state index in [-0.39, 0.29) is 36.4 Å². The molecule has 3 aromatic rings. The molecular formula is C26H25N7O4S. The lowest BCUT2D eigenvalue weighted by Gasteiger charge is -2.25. The number of para-hydroxylation sites is 2. The molecule has 3 heterocycles. The van der Waals surface area contributed by atoms with Crippen molar-refractivity contribution in [3.05, 3.63) is 71.4 Å². The maximum atomic E-state index is 13.4. The number of fused-ring (bicyclic) bond motifs is 3. The number of ether oxygens (including phenoxy) is 1. The van der Waals surface area contributed by atoms with E-state index in [1.807, 2.05) is 55.5 Å². The van der Waals surface area contributed by atoms with Crippen LogP contribution in [0, 0.1) is 6.92 Å². The van der Waals surface area contributed by atoms with E-state index in [9.17, 15) is 14.4 Å². The molecule has 12 heteroatoms. The molecule has 0 fully saturated rings. The number of aromatic amines is 1. The van der Waals surface area contributed by atoms with Gasteiger partial charge in [-0.15, -0.1) is 0 Å². The van der Waals surface area contributed by atoms with Gasteiger partial charge in [-0.25, -0.2) is 9.89 Å². The van der Waals surface area contributed by atoms with E-state index in [1.165, 1.54) is 4.90 Å². The number of thioether (sulfide) groups is 1. The maximum absolute atomic E-state index is 13.4. The molecule has 3 amide bonds. The number of hydrogen-bond donors (Lipinski definition) is 3. The fourth-order valence-electron chi connectivity index (χ4n) is 4.11. The Kier molecular flexibility index (Phi) is 7.22. The number of H-pyrrole nitrogens is 1. The summed E-state index contributed by atoms with van der Waals surface area (Å²) in [4.78, 5) is 49.3. The molecule has 3 N–H and O–H groups in total. The number of benzene rings is 2. The zero-order valence-electron chi connectivity index (χ0n) is 20.7. The van der Waals surface area contributed by atoms with Gasteiger partial charge in [-0.05, 0) is 25.1 Å². The smallest absolute Gasteiger partial charge is 0.259 e. The molecule has 5 rings (SSSR count). The SMILES string of the molecule is COc1ccccc1CNC(=O)C[C@H]1N=C2c3ccccc3N=C(SCC(=O)Nc3cc(C)[nH]n3)N2C1=O. The van der Waals surface area contributed by atoms with Gasteiger partial charge in [-0.2, -0.15) is 5.10 Å². The topological polar surface area (TPSA) is 141 Å². The highest BCUT2D eigenvalue weighted by molar-refractivity contribution is 8.14. The van der Waals surface area contributed by atoms with E-state index in [4.69, 9.17) is 4.74 Å². The predicted molar refractivity (Wildman–Crippen MR) is 145 cm³/mol. The Morgan fingerprint density at radius 1 is 1.13 bits per heavy atom. The minimum absolute atomic E-state index is 0.00797. The van der Waals surface area contributed by atoms with Crippen LogP contribution in [0.25, 0.3) is 0 Å². The van der Waals surface area contributed by atoms with Crippen LogP contribution in [0.15, 0.2) is 64.6 Å². The van der Waals surface area contributed by atoms with Crippen LogP contribution < -0.4 is 15.4 Å². The molecule has 0 bridgehead atoms. The molecule has 1 aromatic heterocycles. The first-order chi connectivity index (χ1) is 18.4. The van der Waals surface area contributed by atoms with Gasteiger partial charge in [-0.3, -0.25) is 24.5 Å². The second-order valence-electron chi connectivity index (χ2n) is 8.62. The number of aryl methyl sites for hydroxylation is 1. The normalized spacial score (nSPS) is 15.8. The van der Waals surface area contributed by atoms with Crippen molar-refractivity contribution in [2.75, 3.05) is 18.2 Å². The molecule has 2 aliphatic rings. The van der Waals surface area contributed by atoms with Gasteiger partial charge in [-0.1, -0.05) is 42.1 Å². The molecule has 0 saturated carbocycles. The van der Waals surface area contributed by atoms with Crippen LogP contribution in [-0.2, 0) is 20.9 Å². The van der Waals surface area contributed by atoms with Crippen molar-refractivity contribution in [1.82, 2.24) is 20.4 Å². The second kappa shape index (κ2) is 10.9. The number of carbonyl (C=O) groups is 3. The summed E-state index contributed by atoms with van der Waals surface area (Å²) in [6.07, 6.45) is -0.118. The Balaban J connectivity index is 1.28. The standard InChI is InChI=1S/C26H25N7O4S/c1-15-11-21(32-31-15)30-23(35)14-38-26-29-18-9-5-4-8-17(18)24-28-19(25(36)33(24)26)12-22(34)27-13-16-7-3-6-10-20(16)37-2/h3-11,19H,12-14H2,1-2H3,(H,27,34)(H2,30,31,32,35)/t19-/m1/s1. The molecule has 2 aliphatic heterocycles. The second-order valence-corrected chi connectivity index (χ2v) is 9.56. The van der Waals surface area contributed by atoms with Gasteiger partial charge in [0.05, 0.1) is 25.0 Å². The number of nitrogens with zero attached hydrogens (tertiary/aromatic N) is 4. The van der Waals surface area contributed by atoms with E-state index < -0.39 is 6.04 Å². The zero-order chi connectivity index (χ0) is 26.6. The first-order valence-electron chi connectivity index (χ1n) is 11.9. The summed E-state index contributed by atoms with van der Waals surface area (Å²) in [7, 11) is 1.57. The molecule has 0 saturated heterocycles. The number of aromatic nitrogens is 2. The number of anilines is 1. The van der Waals surface area contributed by atoms with E-state index >= 15 is 0 Å². The molecular weight excluding hydrogens is 506 g/mol. The van der Waals surface area contributed by atoms with Crippen molar-refractivity contribution < 1.29 is 19.1 Å². The van der Waals surface area contributed by atoms with Crippen molar-refractivity contribution in [3.8, 4) is 5.75 Å². The number of aliphatic imine (C=N–C) groups is 2. The number of rotatable bonds is 8. The lowest BCUT2D eigenvalue weighted by Crippen LogP contribution is -2.42. The van der Waals surface area contributed by atoms with E-state index in [2.05, 4.69) is 30.8 Å². The minimum Gasteiger partial charge on any atom is -0.496 e. The molecule has 0 radical (unpaired) electrons. The Labute approximate surface area is 222 Å². The van der Waals surface area contributed by atoms with E-state index in [0.717, 1.165) is 23.0 Å². The van der Waals surface area contributed by atoms with Crippen LogP contribution in [0.1, 0.15) is 23.2 Å². The Morgan fingerprint density at radius 2 is 1.92 bits per heavy atom. The lowest BCUT2D eigenvalue weighted by molar-refractivity contribution is -0.128. The summed E-state index contributed by atoms with van der Waals surface area (Å²) in [6, 6.07) is 15.5. The van der Waals surface area contributed by atoms with E-state index in [1.54, 1.807) is 13.2 Å². The molecule has 0 spiro atoms. The molecule has 0 unspecified atom stereocenters. The van der Waals surface area contributed by atoms with Crippen LogP contribution in [0.2, 0.25) is 0 Å². The van der Waals surface area contributed by atoms with Gasteiger partial charge >= 0.3 is 0 Å². The highest BCUT2D eigenvalue weighted by Gasteiger charge is 2.42. The van der Waals surface area contributed by atoms with Crippen LogP contribution in [0.4, 0.5) is 11.5 Å². The van der Waals surface area contributed by atoms with Gasteiger partial charge < -0.3 is 15.4 Å². The number of hydrogen-bond acceptors (Lipinski definition) is 8. The average molecular weight is 532 g/mol. The summed E-state index contributed by atoms with van der Waals surface area (Å²) in [5.41, 5.74) is 2.98. The van der Waals surface area contributed by atoms with Gasteiger partial charge in [0.15, 0.2) is 11.0 Å². The molecule has 11 nitrogen and oxygen atoms in total. The van der Waals surface area contributed by atoms with Crippen LogP contribution in [0.5, 0.6) is 5.75 Å². The third kappa shape index (κ3) is 5.30. The number of nitrogens with one attached hydrogen (secondary N) is 3. The Morgan fingerprint density at radius 3 is 2.71 bits per heavy atom. The summed E-state index contributed by atoms with van der Waals surface area (Å²) in [6.45, 7) is 2.10. The number of amides is 3. The Bertz CT molecular complexity index is 1470. The summed E-state index contributed by atoms with van der Waals surface area (Å²) in [5.74, 6) is 0.553. The minimum atomic E-state index is -0.902. The van der Waals surface area contributed by atoms with Crippen molar-refractivity contribution in [3.63, 3.8) is 0 Å². The fourth-order valence-corrected chi connectivity index (χ4v) is 4.91. The Hall–Kier alpha value is -4.45. The number of amidine groups is 2. The molecule has 1 atom stereocenters. The average Bonchev–Trinajstić information content (AvgIpc) is 3.48. The highest BCUT2D eigenvalue weighted by atomic mass is 32.2. The fraction of sp³-hybridized carbons (Fsp3) is 0.231. The quantitative estimate of drug-likeness (QED) is 0.408. The predicted octanol–water partition coefficient (Wildman–Crippen LogP) is 2.76. The monoisotopic (exact) mass is 531 g/mol. The third-order valence-corrected chi connectivity index (χ3v) is 6.84. The first kappa shape index (κ1) is 25.2. The largest absolute Gasteiger partial charge is 0.496 e. The van der Waals surface area contributed by atoms with Crippen molar-refractivity contribution >= 4 is 52.0 Å². The zero-order valence-corrected chi connectivity index (χ0v) is 21.5. The lowest BCUT2D eigenvalue weighted by atomic mass is 10.1. The third-order valence-electron chi connectivity index (χ3n) is 5.90. The maximum Gasteiger partial charge on any atom is 0.259 e. The van der Waals surface area contributed by atoms with Crippen LogP contribution in [0.3, 0.4) is 0 Å². The van der Waals surface area contributed by atoms with Crippen molar-refractivity contribution in [2.45, 2.75) is 25.9 Å². The molecule has 2 aromatic carbocycles. The summed E-state index contributed by atoms with van der Waals surface area (Å²) < 4.78 is 5.33. The van der Waals surface area contributed by atoms with Gasteiger partial charge in [0.25, 0.3) is 5.91 Å². The van der Waals surface area contributed by atoms with E-state index in [0.29, 0.717) is 33.8 Å². The molecule has 194 valence electrons. The summed E-state index contributed by atoms with van der Waals surface area (Å²) >= 11 is 1.12. The van der Waals surface area contributed by atoms with Gasteiger partial charge in [0.1, 0.15) is 17.6 Å². The number of carbonyl (C=O) groups excluding carboxylic acids is 3. The number of methoxy groups -OCH3 is 1. The van der Waals surface area contributed by atoms with Gasteiger partial charge in [0.2, 0.25) is 11.8 Å². The van der Waals surface area contributed by atoms with Crippen LogP contribution in [-0.4, -0.2) is 62.7 Å². The van der Waals surface area contributed by atoms with Crippen LogP contribution >= 0.6 is 11.8 Å². The first-order valence-corrected chi connectivity index (χ1v) is 12.8. The van der Waals surface area contributed by atoms with Crippen molar-refractivity contribution in [2.24, 2.45) is 9.98 Å². The van der Waals surface area contributed by atoms with Gasteiger partial charge in [0, 0.05) is 29.4 Å². The molecule has 38 heavy (non-hydrogen) atoms. The molecule has 0 aliphatic carbocycles. The highest BCUT2D eigenvalue weighted by Crippen LogP contribution is 2.34. The van der Waals surface area contributed by atoms with Crippen molar-refractivity contribution in [1.29, 1.82) is 0 Å².